The molecule has 0 unspecified atom stereocenters. The number of hydrogen-bond donors (Lipinski definition) is 2. The van der Waals surface area contributed by atoms with Crippen LogP contribution in [-0.4, -0.2) is 24.0 Å². The highest BCUT2D eigenvalue weighted by Gasteiger charge is 2.10. The van der Waals surface area contributed by atoms with Gasteiger partial charge in [0.25, 0.3) is 5.91 Å². The van der Waals surface area contributed by atoms with Crippen molar-refractivity contribution in [1.29, 1.82) is 0 Å². The second kappa shape index (κ2) is 6.10. The van der Waals surface area contributed by atoms with Gasteiger partial charge in [-0.05, 0) is 26.3 Å². The predicted molar refractivity (Wildman–Crippen MR) is 65.8 cm³/mol. The Morgan fingerprint density at radius 1 is 1.44 bits per heavy atom. The summed E-state index contributed by atoms with van der Waals surface area (Å²) in [6, 6.07) is 1.89. The summed E-state index contributed by atoms with van der Waals surface area (Å²) in [5.74, 6) is -0.0645. The molecule has 0 aliphatic rings. The largest absolute Gasteiger partial charge is 0.385 e. The Bertz CT molecular complexity index is 363. The smallest absolute Gasteiger partial charge is 0.254 e. The summed E-state index contributed by atoms with van der Waals surface area (Å²) in [5.41, 5.74) is 2.37. The van der Waals surface area contributed by atoms with Gasteiger partial charge in [-0.15, -0.1) is 0 Å². The molecule has 1 aromatic rings. The quantitative estimate of drug-likeness (QED) is 0.799. The molecular weight excluding hydrogens is 202 g/mol. The minimum absolute atomic E-state index is 0.0645. The number of hydrogen-bond acceptors (Lipinski definition) is 3. The van der Waals surface area contributed by atoms with E-state index in [1.54, 1.807) is 6.20 Å². The van der Waals surface area contributed by atoms with E-state index in [2.05, 4.69) is 15.6 Å². The minimum atomic E-state index is -0.0645. The third-order valence-corrected chi connectivity index (χ3v) is 2.19. The molecule has 1 heterocycles. The van der Waals surface area contributed by atoms with Gasteiger partial charge in [0.15, 0.2) is 0 Å². The van der Waals surface area contributed by atoms with Crippen molar-refractivity contribution in [2.24, 2.45) is 0 Å². The molecule has 1 aromatic heterocycles. The first-order valence-electron chi connectivity index (χ1n) is 5.67. The van der Waals surface area contributed by atoms with Crippen molar-refractivity contribution in [2.45, 2.75) is 27.2 Å². The van der Waals surface area contributed by atoms with Gasteiger partial charge in [-0.1, -0.05) is 6.92 Å². The molecular formula is C12H19N3O. The van der Waals surface area contributed by atoms with Crippen LogP contribution in [0, 0.1) is 6.92 Å². The van der Waals surface area contributed by atoms with E-state index in [0.717, 1.165) is 24.3 Å². The van der Waals surface area contributed by atoms with Gasteiger partial charge in [-0.2, -0.15) is 0 Å². The maximum Gasteiger partial charge on any atom is 0.254 e. The fourth-order valence-electron chi connectivity index (χ4n) is 1.41. The van der Waals surface area contributed by atoms with Crippen LogP contribution in [0.3, 0.4) is 0 Å². The molecule has 0 aliphatic carbocycles. The first kappa shape index (κ1) is 12.5. The highest BCUT2D eigenvalue weighted by atomic mass is 16.1. The van der Waals surface area contributed by atoms with E-state index in [9.17, 15) is 4.79 Å². The molecule has 0 fully saturated rings. The Morgan fingerprint density at radius 2 is 2.19 bits per heavy atom. The lowest BCUT2D eigenvalue weighted by Crippen LogP contribution is -2.25. The Balaban J connectivity index is 2.88. The second-order valence-corrected chi connectivity index (χ2v) is 3.66. The Morgan fingerprint density at radius 3 is 2.81 bits per heavy atom. The summed E-state index contributed by atoms with van der Waals surface area (Å²) >= 11 is 0. The maximum atomic E-state index is 11.8. The molecule has 0 bridgehead atoms. The summed E-state index contributed by atoms with van der Waals surface area (Å²) in [6.45, 7) is 7.42. The number of pyridine rings is 1. The van der Waals surface area contributed by atoms with Gasteiger partial charge >= 0.3 is 0 Å². The Labute approximate surface area is 96.5 Å². The van der Waals surface area contributed by atoms with Gasteiger partial charge in [0, 0.05) is 25.0 Å². The van der Waals surface area contributed by atoms with Crippen LogP contribution in [0.5, 0.6) is 0 Å². The van der Waals surface area contributed by atoms with Crippen molar-refractivity contribution in [2.75, 3.05) is 18.4 Å². The molecule has 0 saturated heterocycles. The molecule has 0 aliphatic heterocycles. The number of amides is 1. The molecule has 0 saturated carbocycles. The summed E-state index contributed by atoms with van der Waals surface area (Å²) in [5, 5.41) is 6.02. The molecule has 0 atom stereocenters. The van der Waals surface area contributed by atoms with Crippen LogP contribution in [0.15, 0.2) is 12.3 Å². The molecule has 1 rings (SSSR count). The predicted octanol–water partition coefficient (Wildman–Crippen LogP) is 1.96. The number of anilines is 1. The van der Waals surface area contributed by atoms with Crippen LogP contribution >= 0.6 is 0 Å². The number of carbonyl (C=O) groups is 1. The number of aromatic nitrogens is 1. The fraction of sp³-hybridized carbons (Fsp3) is 0.500. The van der Waals surface area contributed by atoms with Crippen LogP contribution in [0.25, 0.3) is 0 Å². The monoisotopic (exact) mass is 221 g/mol. The van der Waals surface area contributed by atoms with Crippen molar-refractivity contribution in [3.8, 4) is 0 Å². The summed E-state index contributed by atoms with van der Waals surface area (Å²) in [4.78, 5) is 16.0. The number of aryl methyl sites for hydroxylation is 1. The average Bonchev–Trinajstić information content (AvgIpc) is 2.26. The number of nitrogens with one attached hydrogen (secondary N) is 2. The molecule has 4 nitrogen and oxygen atoms in total. The fourth-order valence-corrected chi connectivity index (χ4v) is 1.41. The highest BCUT2D eigenvalue weighted by molar-refractivity contribution is 5.99. The van der Waals surface area contributed by atoms with Crippen molar-refractivity contribution in [3.63, 3.8) is 0 Å². The lowest BCUT2D eigenvalue weighted by atomic mass is 10.2. The lowest BCUT2D eigenvalue weighted by Gasteiger charge is -2.11. The SMILES string of the molecule is CCCNC(=O)c1cnc(C)cc1NCC. The van der Waals surface area contributed by atoms with E-state index >= 15 is 0 Å². The molecule has 4 heteroatoms. The maximum absolute atomic E-state index is 11.8. The van der Waals surface area contributed by atoms with Gasteiger partial charge in [0.05, 0.1) is 11.3 Å². The normalized spacial score (nSPS) is 9.94. The van der Waals surface area contributed by atoms with E-state index < -0.39 is 0 Å². The molecule has 1 amide bonds. The standard InChI is InChI=1S/C12H19N3O/c1-4-6-14-12(16)10-8-15-9(3)7-11(10)13-5-2/h7-8H,4-6H2,1-3H3,(H,13,15)(H,14,16). The molecule has 0 spiro atoms. The van der Waals surface area contributed by atoms with Crippen molar-refractivity contribution < 1.29 is 4.79 Å². The summed E-state index contributed by atoms with van der Waals surface area (Å²) in [6.07, 6.45) is 2.56. The molecule has 0 aromatic carbocycles. The van der Waals surface area contributed by atoms with Gasteiger partial charge < -0.3 is 10.6 Å². The van der Waals surface area contributed by atoms with Crippen LogP contribution < -0.4 is 10.6 Å². The zero-order valence-corrected chi connectivity index (χ0v) is 10.1. The summed E-state index contributed by atoms with van der Waals surface area (Å²) in [7, 11) is 0. The molecule has 16 heavy (non-hydrogen) atoms. The second-order valence-electron chi connectivity index (χ2n) is 3.66. The van der Waals surface area contributed by atoms with E-state index in [1.807, 2.05) is 26.8 Å². The average molecular weight is 221 g/mol. The van der Waals surface area contributed by atoms with Crippen molar-refractivity contribution >= 4 is 11.6 Å². The van der Waals surface area contributed by atoms with E-state index in [0.29, 0.717) is 12.1 Å². The Kier molecular flexibility index (Phi) is 4.76. The first-order chi connectivity index (χ1) is 7.69. The third-order valence-electron chi connectivity index (χ3n) is 2.19. The number of rotatable bonds is 5. The van der Waals surface area contributed by atoms with Gasteiger partial charge in [0.2, 0.25) is 0 Å². The third kappa shape index (κ3) is 3.22. The minimum Gasteiger partial charge on any atom is -0.385 e. The van der Waals surface area contributed by atoms with Gasteiger partial charge in [0.1, 0.15) is 0 Å². The first-order valence-corrected chi connectivity index (χ1v) is 5.67. The van der Waals surface area contributed by atoms with Gasteiger partial charge in [-0.25, -0.2) is 0 Å². The van der Waals surface area contributed by atoms with E-state index in [1.165, 1.54) is 0 Å². The van der Waals surface area contributed by atoms with Crippen LogP contribution in [-0.2, 0) is 0 Å². The van der Waals surface area contributed by atoms with Crippen molar-refractivity contribution in [3.05, 3.63) is 23.5 Å². The summed E-state index contributed by atoms with van der Waals surface area (Å²) < 4.78 is 0. The van der Waals surface area contributed by atoms with E-state index in [-0.39, 0.29) is 5.91 Å². The number of nitrogens with zero attached hydrogens (tertiary/aromatic N) is 1. The molecule has 0 radical (unpaired) electrons. The Hall–Kier alpha value is -1.58. The number of carbonyl (C=O) groups excluding carboxylic acids is 1. The lowest BCUT2D eigenvalue weighted by molar-refractivity contribution is 0.0954. The zero-order valence-electron chi connectivity index (χ0n) is 10.1. The zero-order chi connectivity index (χ0) is 12.0. The van der Waals surface area contributed by atoms with Crippen LogP contribution in [0.1, 0.15) is 36.3 Å². The molecule has 88 valence electrons. The van der Waals surface area contributed by atoms with Crippen LogP contribution in [0.2, 0.25) is 0 Å². The van der Waals surface area contributed by atoms with Gasteiger partial charge in [-0.3, -0.25) is 9.78 Å². The molecule has 2 N–H and O–H groups in total. The highest BCUT2D eigenvalue weighted by Crippen LogP contribution is 2.15. The van der Waals surface area contributed by atoms with Crippen molar-refractivity contribution in [1.82, 2.24) is 10.3 Å². The topological polar surface area (TPSA) is 54.0 Å². The van der Waals surface area contributed by atoms with E-state index in [4.69, 9.17) is 0 Å². The van der Waals surface area contributed by atoms with Crippen LogP contribution in [0.4, 0.5) is 5.69 Å².